The molecular formula is C22H23N5O2S. The van der Waals surface area contributed by atoms with Crippen LogP contribution < -0.4 is 10.9 Å². The number of imidazole rings is 1. The van der Waals surface area contributed by atoms with Gasteiger partial charge in [-0.1, -0.05) is 6.07 Å². The maximum Gasteiger partial charge on any atom is 0.262 e. The van der Waals surface area contributed by atoms with Crippen LogP contribution in [0.1, 0.15) is 35.4 Å². The molecule has 30 heavy (non-hydrogen) atoms. The van der Waals surface area contributed by atoms with E-state index in [0.717, 1.165) is 40.8 Å². The zero-order valence-electron chi connectivity index (χ0n) is 16.6. The lowest BCUT2D eigenvalue weighted by atomic mass is 9.97. The Bertz CT molecular complexity index is 1250. The van der Waals surface area contributed by atoms with E-state index in [1.54, 1.807) is 22.2 Å². The molecule has 4 aromatic heterocycles. The van der Waals surface area contributed by atoms with Crippen molar-refractivity contribution in [2.75, 3.05) is 6.54 Å². The first-order valence-corrected chi connectivity index (χ1v) is 11.2. The van der Waals surface area contributed by atoms with Gasteiger partial charge in [-0.05, 0) is 43.4 Å². The van der Waals surface area contributed by atoms with Crippen molar-refractivity contribution in [3.05, 3.63) is 63.4 Å². The Morgan fingerprint density at radius 1 is 1.23 bits per heavy atom. The molecule has 4 aromatic rings. The van der Waals surface area contributed by atoms with Gasteiger partial charge in [0, 0.05) is 43.2 Å². The van der Waals surface area contributed by atoms with Crippen LogP contribution in [-0.2, 0) is 30.6 Å². The standard InChI is InChI=1S/C22H23N5O2S/c28-19(23-10-8-15-13-26-11-4-3-7-18(26)25-15)9-12-27-14-24-21-20(22(27)29)16-5-1-2-6-17(16)30-21/h3-4,7,11,13-14H,1-2,5-6,8-10,12H2,(H,23,28). The molecule has 154 valence electrons. The maximum absolute atomic E-state index is 12.9. The van der Waals surface area contributed by atoms with Gasteiger partial charge in [0.2, 0.25) is 5.91 Å². The third-order valence-corrected chi connectivity index (χ3v) is 6.84. The molecule has 0 aromatic carbocycles. The van der Waals surface area contributed by atoms with Crippen molar-refractivity contribution < 1.29 is 4.79 Å². The van der Waals surface area contributed by atoms with E-state index in [1.165, 1.54) is 16.9 Å². The normalized spacial score (nSPS) is 13.6. The highest BCUT2D eigenvalue weighted by molar-refractivity contribution is 7.18. The van der Waals surface area contributed by atoms with E-state index in [9.17, 15) is 9.59 Å². The average Bonchev–Trinajstić information content (AvgIpc) is 3.34. The minimum Gasteiger partial charge on any atom is -0.356 e. The van der Waals surface area contributed by atoms with Crippen LogP contribution in [0.5, 0.6) is 0 Å². The summed E-state index contributed by atoms with van der Waals surface area (Å²) in [6.45, 7) is 0.861. The van der Waals surface area contributed by atoms with E-state index >= 15 is 0 Å². The fourth-order valence-corrected chi connectivity index (χ4v) is 5.31. The quantitative estimate of drug-likeness (QED) is 0.519. The van der Waals surface area contributed by atoms with Gasteiger partial charge < -0.3 is 9.72 Å². The molecule has 1 N–H and O–H groups in total. The maximum atomic E-state index is 12.9. The fourth-order valence-electron chi connectivity index (χ4n) is 4.09. The number of aromatic nitrogens is 4. The van der Waals surface area contributed by atoms with Gasteiger partial charge in [-0.2, -0.15) is 0 Å². The molecule has 0 unspecified atom stereocenters. The SMILES string of the molecule is O=C(CCn1cnc2sc3c(c2c1=O)CCCC3)NCCc1cn2ccccc2n1. The number of nitrogens with zero attached hydrogens (tertiary/aromatic N) is 4. The predicted octanol–water partition coefficient (Wildman–Crippen LogP) is 2.73. The zero-order chi connectivity index (χ0) is 20.5. The lowest BCUT2D eigenvalue weighted by molar-refractivity contribution is -0.121. The topological polar surface area (TPSA) is 81.3 Å². The second-order valence-electron chi connectivity index (χ2n) is 7.68. The summed E-state index contributed by atoms with van der Waals surface area (Å²) in [4.78, 5) is 36.4. The second-order valence-corrected chi connectivity index (χ2v) is 8.77. The van der Waals surface area contributed by atoms with E-state index in [1.807, 2.05) is 35.0 Å². The number of carbonyl (C=O) groups is 1. The summed E-state index contributed by atoms with van der Waals surface area (Å²) in [5.41, 5.74) is 3.01. The van der Waals surface area contributed by atoms with Crippen LogP contribution >= 0.6 is 11.3 Å². The Kier molecular flexibility index (Phi) is 5.08. The molecular weight excluding hydrogens is 398 g/mol. The third kappa shape index (κ3) is 3.63. The van der Waals surface area contributed by atoms with Crippen LogP contribution in [0.2, 0.25) is 0 Å². The number of rotatable bonds is 6. The van der Waals surface area contributed by atoms with Crippen molar-refractivity contribution >= 4 is 33.1 Å². The van der Waals surface area contributed by atoms with Gasteiger partial charge in [-0.3, -0.25) is 14.2 Å². The first kappa shape index (κ1) is 19.0. The third-order valence-electron chi connectivity index (χ3n) is 5.64. The lowest BCUT2D eigenvalue weighted by Crippen LogP contribution is -2.29. The number of hydrogen-bond acceptors (Lipinski definition) is 5. The number of fused-ring (bicyclic) bond motifs is 4. The highest BCUT2D eigenvalue weighted by Gasteiger charge is 2.20. The van der Waals surface area contributed by atoms with Gasteiger partial charge in [-0.25, -0.2) is 9.97 Å². The molecule has 0 atom stereocenters. The van der Waals surface area contributed by atoms with E-state index in [-0.39, 0.29) is 17.9 Å². The van der Waals surface area contributed by atoms with Crippen LogP contribution in [0, 0.1) is 0 Å². The highest BCUT2D eigenvalue weighted by Crippen LogP contribution is 2.33. The predicted molar refractivity (Wildman–Crippen MR) is 117 cm³/mol. The molecule has 5 rings (SSSR count). The molecule has 4 heterocycles. The Labute approximate surface area is 177 Å². The van der Waals surface area contributed by atoms with Crippen molar-refractivity contribution in [3.8, 4) is 0 Å². The van der Waals surface area contributed by atoms with E-state index in [2.05, 4.69) is 15.3 Å². The monoisotopic (exact) mass is 421 g/mol. The van der Waals surface area contributed by atoms with Crippen LogP contribution in [-0.4, -0.2) is 31.4 Å². The fraction of sp³-hybridized carbons (Fsp3) is 0.364. The van der Waals surface area contributed by atoms with Gasteiger partial charge in [0.1, 0.15) is 10.5 Å². The van der Waals surface area contributed by atoms with Gasteiger partial charge >= 0.3 is 0 Å². The second kappa shape index (κ2) is 8.02. The van der Waals surface area contributed by atoms with Crippen LogP contribution in [0.15, 0.2) is 41.7 Å². The molecule has 0 aliphatic heterocycles. The van der Waals surface area contributed by atoms with Crippen molar-refractivity contribution in [3.63, 3.8) is 0 Å². The molecule has 0 spiro atoms. The highest BCUT2D eigenvalue weighted by atomic mass is 32.1. The first-order chi connectivity index (χ1) is 14.7. The number of thiophene rings is 1. The molecule has 1 aliphatic rings. The molecule has 8 heteroatoms. The van der Waals surface area contributed by atoms with Crippen LogP contribution in [0.3, 0.4) is 0 Å². The van der Waals surface area contributed by atoms with E-state index < -0.39 is 0 Å². The number of pyridine rings is 1. The molecule has 0 saturated carbocycles. The van der Waals surface area contributed by atoms with Crippen molar-refractivity contribution in [2.45, 2.75) is 45.1 Å². The molecule has 7 nitrogen and oxygen atoms in total. The molecule has 0 saturated heterocycles. The number of hydrogen-bond donors (Lipinski definition) is 1. The van der Waals surface area contributed by atoms with E-state index in [4.69, 9.17) is 0 Å². The van der Waals surface area contributed by atoms with Crippen LogP contribution in [0.4, 0.5) is 0 Å². The zero-order valence-corrected chi connectivity index (χ0v) is 17.5. The Hall–Kier alpha value is -3.00. The van der Waals surface area contributed by atoms with Gasteiger partial charge in [-0.15, -0.1) is 11.3 Å². The van der Waals surface area contributed by atoms with Crippen molar-refractivity contribution in [1.82, 2.24) is 24.3 Å². The molecule has 0 bridgehead atoms. The summed E-state index contributed by atoms with van der Waals surface area (Å²) in [5.74, 6) is -0.0712. The minimum atomic E-state index is -0.0712. The Balaban J connectivity index is 1.19. The summed E-state index contributed by atoms with van der Waals surface area (Å²) in [5, 5.41) is 3.69. The van der Waals surface area contributed by atoms with Gasteiger partial charge in [0.25, 0.3) is 5.56 Å². The van der Waals surface area contributed by atoms with E-state index in [0.29, 0.717) is 19.5 Å². The molecule has 0 fully saturated rings. The summed E-state index contributed by atoms with van der Waals surface area (Å²) in [6, 6.07) is 5.86. The molecule has 0 radical (unpaired) electrons. The van der Waals surface area contributed by atoms with Gasteiger partial charge in [0.15, 0.2) is 0 Å². The van der Waals surface area contributed by atoms with Crippen LogP contribution in [0.25, 0.3) is 15.9 Å². The Morgan fingerprint density at radius 2 is 2.13 bits per heavy atom. The molecule has 1 amide bonds. The molecule has 1 aliphatic carbocycles. The number of nitrogens with one attached hydrogen (secondary N) is 1. The smallest absolute Gasteiger partial charge is 0.262 e. The first-order valence-electron chi connectivity index (χ1n) is 10.4. The number of aryl methyl sites for hydroxylation is 3. The summed E-state index contributed by atoms with van der Waals surface area (Å²) < 4.78 is 3.54. The summed E-state index contributed by atoms with van der Waals surface area (Å²) in [6.07, 6.45) is 10.7. The lowest BCUT2D eigenvalue weighted by Gasteiger charge is -2.10. The number of amides is 1. The largest absolute Gasteiger partial charge is 0.356 e. The minimum absolute atomic E-state index is 0.0168. The van der Waals surface area contributed by atoms with Crippen molar-refractivity contribution in [2.24, 2.45) is 0 Å². The summed E-state index contributed by atoms with van der Waals surface area (Å²) in [7, 11) is 0. The Morgan fingerprint density at radius 3 is 3.03 bits per heavy atom. The van der Waals surface area contributed by atoms with Crippen molar-refractivity contribution in [1.29, 1.82) is 0 Å². The van der Waals surface area contributed by atoms with Gasteiger partial charge in [0.05, 0.1) is 17.4 Å². The number of carbonyl (C=O) groups excluding carboxylic acids is 1. The summed E-state index contributed by atoms with van der Waals surface area (Å²) >= 11 is 1.65. The average molecular weight is 422 g/mol.